The van der Waals surface area contributed by atoms with Gasteiger partial charge in [0.2, 0.25) is 0 Å². The fraction of sp³-hybridized carbons (Fsp3) is 0.188. The van der Waals surface area contributed by atoms with Crippen LogP contribution in [0.5, 0.6) is 17.2 Å². The van der Waals surface area contributed by atoms with Crippen molar-refractivity contribution in [1.82, 2.24) is 0 Å². The number of para-hydroxylation sites is 1. The van der Waals surface area contributed by atoms with Crippen molar-refractivity contribution in [1.29, 1.82) is 0 Å². The highest BCUT2D eigenvalue weighted by Crippen LogP contribution is 2.35. The van der Waals surface area contributed by atoms with Gasteiger partial charge in [0, 0.05) is 5.56 Å². The Hall–Kier alpha value is -2.20. The summed E-state index contributed by atoms with van der Waals surface area (Å²) in [6.07, 6.45) is 0. The van der Waals surface area contributed by atoms with Gasteiger partial charge in [0.25, 0.3) is 0 Å². The molecule has 0 unspecified atom stereocenters. The van der Waals surface area contributed by atoms with Crippen LogP contribution in [0, 0.1) is 0 Å². The van der Waals surface area contributed by atoms with Crippen molar-refractivity contribution in [3.8, 4) is 17.2 Å². The van der Waals surface area contributed by atoms with Gasteiger partial charge in [-0.3, -0.25) is 4.79 Å². The van der Waals surface area contributed by atoms with Gasteiger partial charge in [0.15, 0.2) is 17.3 Å². The van der Waals surface area contributed by atoms with E-state index in [9.17, 15) is 4.79 Å². The Labute approximate surface area is 127 Å². The summed E-state index contributed by atoms with van der Waals surface area (Å²) < 4.78 is 16.2. The Bertz CT molecular complexity index is 697. The third-order valence-corrected chi connectivity index (χ3v) is 3.54. The van der Waals surface area contributed by atoms with Gasteiger partial charge in [-0.2, -0.15) is 0 Å². The molecule has 0 amide bonds. The Morgan fingerprint density at radius 1 is 1.19 bits per heavy atom. The molecule has 2 aromatic rings. The van der Waals surface area contributed by atoms with E-state index in [4.69, 9.17) is 25.8 Å². The van der Waals surface area contributed by atoms with Crippen molar-refractivity contribution in [3.05, 3.63) is 52.5 Å². The number of ketones is 1. The zero-order valence-corrected chi connectivity index (χ0v) is 12.1. The summed E-state index contributed by atoms with van der Waals surface area (Å²) in [7, 11) is 1.51. The molecule has 0 saturated heterocycles. The maximum atomic E-state index is 12.7. The molecule has 2 aromatic carbocycles. The molecule has 0 aliphatic carbocycles. The molecule has 21 heavy (non-hydrogen) atoms. The number of ether oxygens (including phenoxy) is 3. The topological polar surface area (TPSA) is 44.8 Å². The van der Waals surface area contributed by atoms with E-state index in [1.165, 1.54) is 7.11 Å². The summed E-state index contributed by atoms with van der Waals surface area (Å²) >= 11 is 5.98. The van der Waals surface area contributed by atoms with Crippen LogP contribution in [0.3, 0.4) is 0 Å². The smallest absolute Gasteiger partial charge is 0.197 e. The molecule has 0 radical (unpaired) electrons. The van der Waals surface area contributed by atoms with Crippen LogP contribution in [0.25, 0.3) is 0 Å². The third kappa shape index (κ3) is 2.54. The molecule has 1 aliphatic heterocycles. The first-order valence-electron chi connectivity index (χ1n) is 6.47. The van der Waals surface area contributed by atoms with Crippen molar-refractivity contribution in [2.75, 3.05) is 20.3 Å². The van der Waals surface area contributed by atoms with E-state index in [1.54, 1.807) is 36.4 Å². The van der Waals surface area contributed by atoms with Crippen LogP contribution in [0.4, 0.5) is 0 Å². The van der Waals surface area contributed by atoms with Crippen LogP contribution in [0.1, 0.15) is 15.9 Å². The molecule has 0 N–H and O–H groups in total. The lowest BCUT2D eigenvalue weighted by atomic mass is 10.0. The van der Waals surface area contributed by atoms with E-state index in [0.29, 0.717) is 46.6 Å². The van der Waals surface area contributed by atoms with E-state index in [1.807, 2.05) is 0 Å². The van der Waals surface area contributed by atoms with Gasteiger partial charge >= 0.3 is 0 Å². The van der Waals surface area contributed by atoms with Crippen molar-refractivity contribution >= 4 is 17.4 Å². The number of benzene rings is 2. The molecule has 1 heterocycles. The third-order valence-electron chi connectivity index (χ3n) is 3.22. The summed E-state index contributed by atoms with van der Waals surface area (Å²) in [5, 5.41) is 0.462. The molecule has 4 nitrogen and oxygen atoms in total. The summed E-state index contributed by atoms with van der Waals surface area (Å²) in [5.74, 6) is 1.38. The first-order valence-corrected chi connectivity index (χ1v) is 6.85. The second-order valence-electron chi connectivity index (χ2n) is 4.51. The quantitative estimate of drug-likeness (QED) is 0.816. The highest BCUT2D eigenvalue weighted by Gasteiger charge is 2.21. The van der Waals surface area contributed by atoms with E-state index in [0.717, 1.165) is 0 Å². The van der Waals surface area contributed by atoms with Crippen LogP contribution in [-0.2, 0) is 0 Å². The molecular weight excluding hydrogens is 292 g/mol. The van der Waals surface area contributed by atoms with Crippen molar-refractivity contribution < 1.29 is 19.0 Å². The standard InChI is InChI=1S/C16H13ClO4/c1-19-14-9-10(5-6-12(14)17)15(18)11-3-2-4-13-16(11)21-8-7-20-13/h2-6,9H,7-8H2,1H3. The summed E-state index contributed by atoms with van der Waals surface area (Å²) in [5.41, 5.74) is 0.954. The summed E-state index contributed by atoms with van der Waals surface area (Å²) in [6, 6.07) is 10.2. The Morgan fingerprint density at radius 3 is 2.81 bits per heavy atom. The lowest BCUT2D eigenvalue weighted by Gasteiger charge is -2.20. The van der Waals surface area contributed by atoms with Crippen molar-refractivity contribution in [3.63, 3.8) is 0 Å². The number of fused-ring (bicyclic) bond motifs is 1. The van der Waals surface area contributed by atoms with Gasteiger partial charge in [-0.05, 0) is 30.3 Å². The maximum Gasteiger partial charge on any atom is 0.197 e. The minimum Gasteiger partial charge on any atom is -0.495 e. The molecular formula is C16H13ClO4. The average Bonchev–Trinajstić information content (AvgIpc) is 2.54. The Morgan fingerprint density at radius 2 is 2.00 bits per heavy atom. The molecule has 0 saturated carbocycles. The number of rotatable bonds is 3. The largest absolute Gasteiger partial charge is 0.495 e. The zero-order valence-electron chi connectivity index (χ0n) is 11.4. The van der Waals surface area contributed by atoms with E-state index in [-0.39, 0.29) is 5.78 Å². The molecule has 0 spiro atoms. The molecule has 5 heteroatoms. The van der Waals surface area contributed by atoms with Gasteiger partial charge < -0.3 is 14.2 Å². The number of hydrogen-bond acceptors (Lipinski definition) is 4. The Kier molecular flexibility index (Phi) is 3.71. The van der Waals surface area contributed by atoms with Crippen LogP contribution < -0.4 is 14.2 Å². The van der Waals surface area contributed by atoms with Crippen LogP contribution in [0.15, 0.2) is 36.4 Å². The van der Waals surface area contributed by atoms with Gasteiger partial charge in [-0.1, -0.05) is 17.7 Å². The van der Waals surface area contributed by atoms with Crippen LogP contribution in [0.2, 0.25) is 5.02 Å². The van der Waals surface area contributed by atoms with E-state index >= 15 is 0 Å². The summed E-state index contributed by atoms with van der Waals surface area (Å²) in [4.78, 5) is 12.7. The van der Waals surface area contributed by atoms with Crippen LogP contribution in [-0.4, -0.2) is 26.1 Å². The highest BCUT2D eigenvalue weighted by atomic mass is 35.5. The van der Waals surface area contributed by atoms with Gasteiger partial charge in [-0.25, -0.2) is 0 Å². The number of carbonyl (C=O) groups is 1. The highest BCUT2D eigenvalue weighted by molar-refractivity contribution is 6.32. The van der Waals surface area contributed by atoms with Gasteiger partial charge in [-0.15, -0.1) is 0 Å². The SMILES string of the molecule is COc1cc(C(=O)c2cccc3c2OCCO3)ccc1Cl. The van der Waals surface area contributed by atoms with Crippen molar-refractivity contribution in [2.24, 2.45) is 0 Å². The second-order valence-corrected chi connectivity index (χ2v) is 4.92. The molecule has 0 bridgehead atoms. The minimum absolute atomic E-state index is 0.160. The van der Waals surface area contributed by atoms with E-state index < -0.39 is 0 Å². The minimum atomic E-state index is -0.160. The predicted molar refractivity (Wildman–Crippen MR) is 78.9 cm³/mol. The normalized spacial score (nSPS) is 12.9. The molecule has 0 atom stereocenters. The van der Waals surface area contributed by atoms with E-state index in [2.05, 4.69) is 0 Å². The Balaban J connectivity index is 2.03. The molecule has 1 aliphatic rings. The van der Waals surface area contributed by atoms with Crippen molar-refractivity contribution in [2.45, 2.75) is 0 Å². The number of hydrogen-bond donors (Lipinski definition) is 0. The molecule has 3 rings (SSSR count). The number of carbonyl (C=O) groups excluding carboxylic acids is 1. The number of halogens is 1. The average molecular weight is 305 g/mol. The predicted octanol–water partition coefficient (Wildman–Crippen LogP) is 3.35. The number of methoxy groups -OCH3 is 1. The maximum absolute atomic E-state index is 12.7. The van der Waals surface area contributed by atoms with Gasteiger partial charge in [0.05, 0.1) is 17.7 Å². The fourth-order valence-corrected chi connectivity index (χ4v) is 2.40. The lowest BCUT2D eigenvalue weighted by Crippen LogP contribution is -2.18. The zero-order chi connectivity index (χ0) is 14.8. The van der Waals surface area contributed by atoms with Gasteiger partial charge in [0.1, 0.15) is 19.0 Å². The monoisotopic (exact) mass is 304 g/mol. The molecule has 108 valence electrons. The summed E-state index contributed by atoms with van der Waals surface area (Å²) in [6.45, 7) is 0.917. The molecule has 0 aromatic heterocycles. The first-order chi connectivity index (χ1) is 10.2. The lowest BCUT2D eigenvalue weighted by molar-refractivity contribution is 0.102. The first kappa shape index (κ1) is 13.8. The fourth-order valence-electron chi connectivity index (χ4n) is 2.21. The van der Waals surface area contributed by atoms with Crippen LogP contribution >= 0.6 is 11.6 Å². The second kappa shape index (κ2) is 5.66. The molecule has 0 fully saturated rings.